The van der Waals surface area contributed by atoms with Crippen LogP contribution in [0.2, 0.25) is 0 Å². The predicted molar refractivity (Wildman–Crippen MR) is 71.9 cm³/mol. The molecule has 1 amide bonds. The standard InChI is InChI=1S/C13H17BrFNO2/c1-13(2,5-6-17)8-16-12(18)10-4-3-9(15)7-11(10)14/h3-4,7,17H,5-6,8H2,1-2H3,(H,16,18). The molecule has 0 atom stereocenters. The van der Waals surface area contributed by atoms with Crippen LogP contribution in [0, 0.1) is 11.2 Å². The quantitative estimate of drug-likeness (QED) is 0.877. The maximum atomic E-state index is 12.9. The molecule has 3 nitrogen and oxygen atoms in total. The van der Waals surface area contributed by atoms with Crippen LogP contribution in [0.25, 0.3) is 0 Å². The van der Waals surface area contributed by atoms with E-state index in [9.17, 15) is 9.18 Å². The van der Waals surface area contributed by atoms with Gasteiger partial charge < -0.3 is 10.4 Å². The molecule has 0 radical (unpaired) electrons. The summed E-state index contributed by atoms with van der Waals surface area (Å²) >= 11 is 3.16. The molecule has 2 N–H and O–H groups in total. The molecule has 0 fully saturated rings. The molecule has 18 heavy (non-hydrogen) atoms. The number of hydrogen-bond donors (Lipinski definition) is 2. The Labute approximate surface area is 115 Å². The third kappa shape index (κ3) is 4.38. The number of aliphatic hydroxyl groups is 1. The summed E-state index contributed by atoms with van der Waals surface area (Å²) < 4.78 is 13.3. The zero-order valence-corrected chi connectivity index (χ0v) is 12.1. The van der Waals surface area contributed by atoms with E-state index in [2.05, 4.69) is 21.2 Å². The van der Waals surface area contributed by atoms with Crippen LogP contribution in [-0.2, 0) is 0 Å². The van der Waals surface area contributed by atoms with Crippen molar-refractivity contribution in [2.24, 2.45) is 5.41 Å². The minimum absolute atomic E-state index is 0.0864. The van der Waals surface area contributed by atoms with Gasteiger partial charge in [-0.2, -0.15) is 0 Å². The van der Waals surface area contributed by atoms with Crippen molar-refractivity contribution in [2.45, 2.75) is 20.3 Å². The van der Waals surface area contributed by atoms with Gasteiger partial charge >= 0.3 is 0 Å². The molecule has 0 aliphatic rings. The first kappa shape index (κ1) is 15.1. The van der Waals surface area contributed by atoms with Gasteiger partial charge in [-0.25, -0.2) is 4.39 Å². The van der Waals surface area contributed by atoms with E-state index in [4.69, 9.17) is 5.11 Å². The largest absolute Gasteiger partial charge is 0.396 e. The predicted octanol–water partition coefficient (Wildman–Crippen LogP) is 2.73. The van der Waals surface area contributed by atoms with E-state index in [1.54, 1.807) is 0 Å². The third-order valence-electron chi connectivity index (χ3n) is 2.69. The molecule has 0 bridgehead atoms. The van der Waals surface area contributed by atoms with E-state index in [-0.39, 0.29) is 23.7 Å². The van der Waals surface area contributed by atoms with Crippen LogP contribution in [0.5, 0.6) is 0 Å². The summed E-state index contributed by atoms with van der Waals surface area (Å²) in [4.78, 5) is 11.9. The molecule has 0 heterocycles. The molecule has 0 aromatic heterocycles. The van der Waals surface area contributed by atoms with E-state index in [0.717, 1.165) is 0 Å². The Bertz CT molecular complexity index is 435. The molecule has 0 saturated carbocycles. The molecule has 1 aromatic carbocycles. The van der Waals surface area contributed by atoms with Crippen LogP contribution in [-0.4, -0.2) is 24.2 Å². The topological polar surface area (TPSA) is 49.3 Å². The lowest BCUT2D eigenvalue weighted by Crippen LogP contribution is -2.34. The molecular weight excluding hydrogens is 301 g/mol. The van der Waals surface area contributed by atoms with Gasteiger partial charge in [0.15, 0.2) is 0 Å². The van der Waals surface area contributed by atoms with Crippen LogP contribution in [0.4, 0.5) is 4.39 Å². The van der Waals surface area contributed by atoms with Crippen molar-refractivity contribution in [3.63, 3.8) is 0 Å². The molecule has 1 aromatic rings. The lowest BCUT2D eigenvalue weighted by molar-refractivity contribution is 0.0927. The number of rotatable bonds is 5. The number of halogens is 2. The van der Waals surface area contributed by atoms with Crippen molar-refractivity contribution in [3.8, 4) is 0 Å². The molecular formula is C13H17BrFNO2. The minimum atomic E-state index is -0.390. The fourth-order valence-electron chi connectivity index (χ4n) is 1.48. The van der Waals surface area contributed by atoms with Gasteiger partial charge in [-0.15, -0.1) is 0 Å². The number of hydrogen-bond acceptors (Lipinski definition) is 2. The highest BCUT2D eigenvalue weighted by molar-refractivity contribution is 9.10. The summed E-state index contributed by atoms with van der Waals surface area (Å²) in [5, 5.41) is 11.7. The van der Waals surface area contributed by atoms with Crippen molar-refractivity contribution in [1.82, 2.24) is 5.32 Å². The Morgan fingerprint density at radius 3 is 2.72 bits per heavy atom. The smallest absolute Gasteiger partial charge is 0.252 e. The Balaban J connectivity index is 2.66. The van der Waals surface area contributed by atoms with Crippen LogP contribution in [0.3, 0.4) is 0 Å². The first-order valence-electron chi connectivity index (χ1n) is 5.70. The Morgan fingerprint density at radius 2 is 2.17 bits per heavy atom. The van der Waals surface area contributed by atoms with Gasteiger partial charge in [0.1, 0.15) is 5.82 Å². The van der Waals surface area contributed by atoms with Crippen molar-refractivity contribution < 1.29 is 14.3 Å². The van der Waals surface area contributed by atoms with E-state index < -0.39 is 0 Å². The average Bonchev–Trinajstić information content (AvgIpc) is 2.26. The van der Waals surface area contributed by atoms with Crippen LogP contribution < -0.4 is 5.32 Å². The lowest BCUT2D eigenvalue weighted by atomic mass is 9.89. The normalized spacial score (nSPS) is 11.4. The monoisotopic (exact) mass is 317 g/mol. The second kappa shape index (κ2) is 6.29. The van der Waals surface area contributed by atoms with Crippen molar-refractivity contribution in [3.05, 3.63) is 34.1 Å². The highest BCUT2D eigenvalue weighted by Crippen LogP contribution is 2.20. The number of nitrogens with one attached hydrogen (secondary N) is 1. The van der Waals surface area contributed by atoms with E-state index in [1.807, 2.05) is 13.8 Å². The van der Waals surface area contributed by atoms with Crippen molar-refractivity contribution in [1.29, 1.82) is 0 Å². The molecule has 0 unspecified atom stereocenters. The molecule has 100 valence electrons. The SMILES string of the molecule is CC(C)(CCO)CNC(=O)c1ccc(F)cc1Br. The Kier molecular flexibility index (Phi) is 5.28. The summed E-state index contributed by atoms with van der Waals surface area (Å²) in [6, 6.07) is 3.94. The number of carbonyl (C=O) groups excluding carboxylic acids is 1. The minimum Gasteiger partial charge on any atom is -0.396 e. The second-order valence-electron chi connectivity index (χ2n) is 4.94. The summed E-state index contributed by atoms with van der Waals surface area (Å²) in [6.45, 7) is 4.46. The maximum absolute atomic E-state index is 12.9. The second-order valence-corrected chi connectivity index (χ2v) is 5.80. The van der Waals surface area contributed by atoms with Crippen molar-refractivity contribution >= 4 is 21.8 Å². The number of benzene rings is 1. The van der Waals surface area contributed by atoms with Gasteiger partial charge in [-0.1, -0.05) is 13.8 Å². The summed E-state index contributed by atoms with van der Waals surface area (Å²) in [6.07, 6.45) is 0.609. The first-order valence-corrected chi connectivity index (χ1v) is 6.49. The average molecular weight is 318 g/mol. The fourth-order valence-corrected chi connectivity index (χ4v) is 2.01. The summed E-state index contributed by atoms with van der Waals surface area (Å²) in [5.41, 5.74) is 0.230. The van der Waals surface area contributed by atoms with Crippen molar-refractivity contribution in [2.75, 3.05) is 13.2 Å². The maximum Gasteiger partial charge on any atom is 0.252 e. The van der Waals surface area contributed by atoms with Gasteiger partial charge in [0.2, 0.25) is 0 Å². The van der Waals surface area contributed by atoms with Gasteiger partial charge in [-0.05, 0) is 46.0 Å². The summed E-state index contributed by atoms with van der Waals surface area (Å²) in [7, 11) is 0. The molecule has 0 aliphatic carbocycles. The van der Waals surface area contributed by atoms with Gasteiger partial charge in [-0.3, -0.25) is 4.79 Å². The molecule has 0 saturated heterocycles. The van der Waals surface area contributed by atoms with Gasteiger partial charge in [0, 0.05) is 17.6 Å². The van der Waals surface area contributed by atoms with E-state index in [0.29, 0.717) is 23.0 Å². The van der Waals surface area contributed by atoms with E-state index >= 15 is 0 Å². The molecule has 5 heteroatoms. The zero-order chi connectivity index (χ0) is 13.8. The lowest BCUT2D eigenvalue weighted by Gasteiger charge is -2.23. The van der Waals surface area contributed by atoms with E-state index in [1.165, 1.54) is 18.2 Å². The number of aliphatic hydroxyl groups excluding tert-OH is 1. The fraction of sp³-hybridized carbons (Fsp3) is 0.462. The van der Waals surface area contributed by atoms with Crippen LogP contribution in [0.15, 0.2) is 22.7 Å². The highest BCUT2D eigenvalue weighted by atomic mass is 79.9. The van der Waals surface area contributed by atoms with Gasteiger partial charge in [0.05, 0.1) is 5.56 Å². The summed E-state index contributed by atoms with van der Waals surface area (Å²) in [5.74, 6) is -0.646. The Hall–Kier alpha value is -0.940. The first-order chi connectivity index (χ1) is 8.35. The molecule has 0 spiro atoms. The third-order valence-corrected chi connectivity index (χ3v) is 3.35. The zero-order valence-electron chi connectivity index (χ0n) is 10.5. The van der Waals surface area contributed by atoms with Gasteiger partial charge in [0.25, 0.3) is 5.91 Å². The number of amides is 1. The van der Waals surface area contributed by atoms with Crippen LogP contribution >= 0.6 is 15.9 Å². The Morgan fingerprint density at radius 1 is 1.50 bits per heavy atom. The van der Waals surface area contributed by atoms with Crippen LogP contribution in [0.1, 0.15) is 30.6 Å². The number of carbonyl (C=O) groups is 1. The highest BCUT2D eigenvalue weighted by Gasteiger charge is 2.19. The molecule has 1 rings (SSSR count). The molecule has 0 aliphatic heterocycles.